The predicted octanol–water partition coefficient (Wildman–Crippen LogP) is 7.73. The summed E-state index contributed by atoms with van der Waals surface area (Å²) in [7, 11) is 0. The van der Waals surface area contributed by atoms with E-state index in [1.54, 1.807) is 0 Å². The molecular formula is C29H33FN2. The second kappa shape index (κ2) is 8.61. The van der Waals surface area contributed by atoms with Gasteiger partial charge in [0.1, 0.15) is 5.82 Å². The Morgan fingerprint density at radius 3 is 1.47 bits per heavy atom. The lowest BCUT2D eigenvalue weighted by molar-refractivity contribution is 0.621. The van der Waals surface area contributed by atoms with Gasteiger partial charge in [0.15, 0.2) is 0 Å². The third-order valence-electron chi connectivity index (χ3n) is 7.17. The summed E-state index contributed by atoms with van der Waals surface area (Å²) in [6, 6.07) is 16.7. The lowest BCUT2D eigenvalue weighted by Crippen LogP contribution is -2.04. The van der Waals surface area contributed by atoms with Crippen molar-refractivity contribution in [1.29, 1.82) is 0 Å². The molecule has 2 nitrogen and oxygen atoms in total. The molecule has 0 atom stereocenters. The van der Waals surface area contributed by atoms with Crippen molar-refractivity contribution in [2.45, 2.75) is 46.5 Å². The van der Waals surface area contributed by atoms with E-state index in [4.69, 9.17) is 0 Å². The lowest BCUT2D eigenvalue weighted by Gasteiger charge is -2.19. The van der Waals surface area contributed by atoms with Crippen LogP contribution >= 0.6 is 0 Å². The minimum absolute atomic E-state index is 0.113. The van der Waals surface area contributed by atoms with Crippen molar-refractivity contribution < 1.29 is 4.39 Å². The van der Waals surface area contributed by atoms with E-state index in [2.05, 4.69) is 54.0 Å². The van der Waals surface area contributed by atoms with Gasteiger partial charge in [-0.2, -0.15) is 0 Å². The fraction of sp³-hybridized carbons (Fsp3) is 0.379. The summed E-state index contributed by atoms with van der Waals surface area (Å²) in [5, 5.41) is 7.00. The maximum atomic E-state index is 15.7. The Bertz CT molecular complexity index is 988. The van der Waals surface area contributed by atoms with Gasteiger partial charge in [0, 0.05) is 30.0 Å². The number of benzene rings is 3. The summed E-state index contributed by atoms with van der Waals surface area (Å²) < 4.78 is 15.7. The van der Waals surface area contributed by atoms with E-state index < -0.39 is 0 Å². The highest BCUT2D eigenvalue weighted by molar-refractivity contribution is 5.81. The van der Waals surface area contributed by atoms with E-state index in [1.165, 1.54) is 25.7 Å². The van der Waals surface area contributed by atoms with E-state index >= 15 is 4.39 Å². The zero-order chi connectivity index (χ0) is 22.2. The Hall–Kier alpha value is -2.81. The van der Waals surface area contributed by atoms with E-state index in [9.17, 15) is 0 Å². The Morgan fingerprint density at radius 1 is 0.625 bits per heavy atom. The van der Waals surface area contributed by atoms with Crippen molar-refractivity contribution in [1.82, 2.24) is 0 Å². The summed E-state index contributed by atoms with van der Waals surface area (Å²) in [5.41, 5.74) is 8.88. The van der Waals surface area contributed by atoms with Gasteiger partial charge in [0.05, 0.1) is 0 Å². The van der Waals surface area contributed by atoms with E-state index in [0.29, 0.717) is 0 Å². The third-order valence-corrected chi connectivity index (χ3v) is 7.17. The normalized spacial score (nSPS) is 15.6. The molecule has 0 saturated heterocycles. The highest BCUT2D eigenvalue weighted by Gasteiger charge is 2.22. The van der Waals surface area contributed by atoms with Crippen molar-refractivity contribution in [3.8, 4) is 22.3 Å². The summed E-state index contributed by atoms with van der Waals surface area (Å²) in [4.78, 5) is 0. The largest absolute Gasteiger partial charge is 0.385 e. The first-order valence-electron chi connectivity index (χ1n) is 12.0. The molecule has 5 rings (SSSR count). The molecule has 3 aromatic rings. The van der Waals surface area contributed by atoms with Crippen molar-refractivity contribution in [3.05, 3.63) is 71.0 Å². The van der Waals surface area contributed by atoms with Crippen molar-refractivity contribution in [2.75, 3.05) is 23.7 Å². The molecule has 2 N–H and O–H groups in total. The maximum Gasteiger partial charge on any atom is 0.134 e. The highest BCUT2D eigenvalue weighted by Crippen LogP contribution is 2.39. The van der Waals surface area contributed by atoms with Crippen LogP contribution in [0.1, 0.15) is 42.4 Å². The Labute approximate surface area is 191 Å². The van der Waals surface area contributed by atoms with E-state index in [-0.39, 0.29) is 5.82 Å². The van der Waals surface area contributed by atoms with Crippen LogP contribution in [0.2, 0.25) is 0 Å². The van der Waals surface area contributed by atoms with Gasteiger partial charge in [0.2, 0.25) is 0 Å². The minimum Gasteiger partial charge on any atom is -0.385 e. The zero-order valence-electron chi connectivity index (χ0n) is 19.4. The van der Waals surface area contributed by atoms with Crippen molar-refractivity contribution in [2.24, 2.45) is 11.8 Å². The Balaban J connectivity index is 1.42. The standard InChI is InChI=1S/C29H33FN2/c1-18-19(2)28(24-10-14-26(15-11-24)32-17-22-6-7-22)29(30)20(3)27(18)23-8-12-25(13-9-23)31-16-21-4-5-21/h8-15,21-22,31-32H,4-7,16-17H2,1-3H3. The van der Waals surface area contributed by atoms with Gasteiger partial charge in [-0.05, 0) is 116 Å². The van der Waals surface area contributed by atoms with Gasteiger partial charge in [-0.3, -0.25) is 0 Å². The van der Waals surface area contributed by atoms with Crippen LogP contribution in [0.5, 0.6) is 0 Å². The second-order valence-corrected chi connectivity index (χ2v) is 9.74. The molecule has 0 amide bonds. The van der Waals surface area contributed by atoms with Crippen LogP contribution in [0.15, 0.2) is 48.5 Å². The van der Waals surface area contributed by atoms with Crippen molar-refractivity contribution >= 4 is 11.4 Å². The molecule has 2 aliphatic carbocycles. The molecule has 166 valence electrons. The van der Waals surface area contributed by atoms with Gasteiger partial charge in [-0.25, -0.2) is 4.39 Å². The fourth-order valence-electron chi connectivity index (χ4n) is 4.57. The molecule has 3 aromatic carbocycles. The highest BCUT2D eigenvalue weighted by atomic mass is 19.1. The maximum absolute atomic E-state index is 15.7. The van der Waals surface area contributed by atoms with Crippen LogP contribution < -0.4 is 10.6 Å². The molecule has 2 saturated carbocycles. The van der Waals surface area contributed by atoms with Gasteiger partial charge in [-0.1, -0.05) is 24.3 Å². The SMILES string of the molecule is Cc1c(C)c(-c2ccc(NCC3CC3)cc2)c(F)c(C)c1-c1ccc(NCC2CC2)cc1. The molecule has 0 spiro atoms. The molecule has 0 radical (unpaired) electrons. The van der Waals surface area contributed by atoms with Crippen LogP contribution in [-0.4, -0.2) is 13.1 Å². The quantitative estimate of drug-likeness (QED) is 0.383. The van der Waals surface area contributed by atoms with E-state index in [0.717, 1.165) is 75.2 Å². The number of hydrogen-bond donors (Lipinski definition) is 2. The fourth-order valence-corrected chi connectivity index (χ4v) is 4.57. The first-order valence-corrected chi connectivity index (χ1v) is 12.0. The second-order valence-electron chi connectivity index (χ2n) is 9.74. The lowest BCUT2D eigenvalue weighted by atomic mass is 9.86. The summed E-state index contributed by atoms with van der Waals surface area (Å²) in [5.74, 6) is 1.56. The predicted molar refractivity (Wildman–Crippen MR) is 134 cm³/mol. The van der Waals surface area contributed by atoms with Gasteiger partial charge >= 0.3 is 0 Å². The first-order chi connectivity index (χ1) is 15.5. The monoisotopic (exact) mass is 428 g/mol. The molecule has 0 heterocycles. The average Bonchev–Trinajstić information content (AvgIpc) is 3.72. The van der Waals surface area contributed by atoms with Crippen LogP contribution in [0.3, 0.4) is 0 Å². The molecule has 3 heteroatoms. The molecule has 2 fully saturated rings. The zero-order valence-corrected chi connectivity index (χ0v) is 19.4. The third kappa shape index (κ3) is 4.39. The van der Waals surface area contributed by atoms with E-state index in [1.807, 2.05) is 26.0 Å². The topological polar surface area (TPSA) is 24.1 Å². The molecule has 32 heavy (non-hydrogen) atoms. The Kier molecular flexibility index (Phi) is 5.67. The summed E-state index contributed by atoms with van der Waals surface area (Å²) >= 11 is 0. The van der Waals surface area contributed by atoms with Crippen molar-refractivity contribution in [3.63, 3.8) is 0 Å². The van der Waals surface area contributed by atoms with Crippen LogP contribution in [0, 0.1) is 38.4 Å². The number of halogens is 1. The van der Waals surface area contributed by atoms with Crippen LogP contribution in [-0.2, 0) is 0 Å². The summed E-state index contributed by atoms with van der Waals surface area (Å²) in [6.07, 6.45) is 5.35. The number of anilines is 2. The molecule has 2 aliphatic rings. The first kappa shape index (κ1) is 21.1. The summed E-state index contributed by atoms with van der Waals surface area (Å²) in [6.45, 7) is 8.15. The van der Waals surface area contributed by atoms with Gasteiger partial charge in [-0.15, -0.1) is 0 Å². The van der Waals surface area contributed by atoms with Gasteiger partial charge in [0.25, 0.3) is 0 Å². The molecule has 0 aliphatic heterocycles. The number of nitrogens with one attached hydrogen (secondary N) is 2. The number of rotatable bonds is 8. The molecule has 0 aromatic heterocycles. The van der Waals surface area contributed by atoms with Gasteiger partial charge < -0.3 is 10.6 Å². The molecule has 0 unspecified atom stereocenters. The van der Waals surface area contributed by atoms with Crippen LogP contribution in [0.4, 0.5) is 15.8 Å². The Morgan fingerprint density at radius 2 is 1.03 bits per heavy atom. The van der Waals surface area contributed by atoms with Crippen LogP contribution in [0.25, 0.3) is 22.3 Å². The number of hydrogen-bond acceptors (Lipinski definition) is 2. The average molecular weight is 429 g/mol. The molecule has 0 bridgehead atoms. The smallest absolute Gasteiger partial charge is 0.134 e. The minimum atomic E-state index is -0.113. The molecular weight excluding hydrogens is 395 g/mol.